The van der Waals surface area contributed by atoms with Crippen LogP contribution in [-0.2, 0) is 0 Å². The molecule has 0 atom stereocenters. The van der Waals surface area contributed by atoms with E-state index in [1.54, 1.807) is 0 Å². The second kappa shape index (κ2) is 4.04. The van der Waals surface area contributed by atoms with Crippen molar-refractivity contribution in [3.63, 3.8) is 0 Å². The molecule has 1 rings (SSSR count). The molecule has 1 fully saturated rings. The third kappa shape index (κ3) is 3.06. The van der Waals surface area contributed by atoms with E-state index in [1.165, 1.54) is 7.05 Å². The van der Waals surface area contributed by atoms with Crippen LogP contribution >= 0.6 is 0 Å². The lowest BCUT2D eigenvalue weighted by atomic mass is 10.4. The lowest BCUT2D eigenvalue weighted by molar-refractivity contribution is -0.139. The van der Waals surface area contributed by atoms with Gasteiger partial charge in [0.25, 0.3) is 0 Å². The number of hydrazine groups is 1. The van der Waals surface area contributed by atoms with Gasteiger partial charge in [-0.25, -0.2) is 5.84 Å². The Labute approximate surface area is 79.9 Å². The maximum absolute atomic E-state index is 12.2. The summed E-state index contributed by atoms with van der Waals surface area (Å²) in [4.78, 5) is 4.81. The van der Waals surface area contributed by atoms with Crippen LogP contribution in [0.3, 0.4) is 0 Å². The minimum Gasteiger partial charge on any atom is -0.330 e. The first-order valence-corrected chi connectivity index (χ1v) is 4.24. The molecule has 0 unspecified atom stereocenters. The Morgan fingerprint density at radius 2 is 2.14 bits per heavy atom. The van der Waals surface area contributed by atoms with Crippen LogP contribution in [0, 0.1) is 0 Å². The van der Waals surface area contributed by atoms with Gasteiger partial charge in [-0.2, -0.15) is 13.2 Å². The zero-order valence-electron chi connectivity index (χ0n) is 7.80. The number of nitrogens with zero attached hydrogens (tertiary/aromatic N) is 2. The zero-order chi connectivity index (χ0) is 10.8. The molecule has 14 heavy (non-hydrogen) atoms. The van der Waals surface area contributed by atoms with Crippen molar-refractivity contribution in [3.8, 4) is 0 Å². The molecule has 0 aromatic rings. The van der Waals surface area contributed by atoms with Crippen LogP contribution in [0.15, 0.2) is 4.99 Å². The normalized spacial score (nSPS) is 18.2. The van der Waals surface area contributed by atoms with Crippen molar-refractivity contribution in [1.82, 2.24) is 10.3 Å². The Bertz CT molecular complexity index is 221. The average molecular weight is 210 g/mol. The highest BCUT2D eigenvalue weighted by Gasteiger charge is 2.39. The molecule has 1 aliphatic carbocycles. The molecule has 0 aromatic heterocycles. The topological polar surface area (TPSA) is 53.6 Å². The molecule has 0 aromatic carbocycles. The molecule has 0 amide bonds. The molecule has 0 radical (unpaired) electrons. The van der Waals surface area contributed by atoms with Gasteiger partial charge < -0.3 is 4.90 Å². The van der Waals surface area contributed by atoms with Crippen molar-refractivity contribution in [1.29, 1.82) is 0 Å². The maximum atomic E-state index is 12.2. The fourth-order valence-electron chi connectivity index (χ4n) is 1.23. The first-order valence-electron chi connectivity index (χ1n) is 4.24. The number of nitrogens with two attached hydrogens (primary N) is 1. The third-order valence-corrected chi connectivity index (χ3v) is 1.95. The van der Waals surface area contributed by atoms with Gasteiger partial charge in [-0.1, -0.05) is 0 Å². The molecule has 4 nitrogen and oxygen atoms in total. The number of alkyl halides is 3. The summed E-state index contributed by atoms with van der Waals surface area (Å²) in [5, 5.41) is 0. The minimum absolute atomic E-state index is 0.0774. The van der Waals surface area contributed by atoms with E-state index >= 15 is 0 Å². The molecule has 7 heteroatoms. The summed E-state index contributed by atoms with van der Waals surface area (Å²) < 4.78 is 36.5. The summed E-state index contributed by atoms with van der Waals surface area (Å²) >= 11 is 0. The molecule has 0 aliphatic heterocycles. The number of hydrogen-bond acceptors (Lipinski definition) is 2. The monoisotopic (exact) mass is 210 g/mol. The van der Waals surface area contributed by atoms with Crippen LogP contribution in [0.1, 0.15) is 12.8 Å². The third-order valence-electron chi connectivity index (χ3n) is 1.95. The van der Waals surface area contributed by atoms with Gasteiger partial charge in [-0.3, -0.25) is 10.4 Å². The van der Waals surface area contributed by atoms with Crippen LogP contribution in [0.25, 0.3) is 0 Å². The van der Waals surface area contributed by atoms with Gasteiger partial charge in [-0.15, -0.1) is 0 Å². The number of aliphatic imine (C=N–C) groups is 1. The van der Waals surface area contributed by atoms with Gasteiger partial charge >= 0.3 is 6.18 Å². The lowest BCUT2D eigenvalue weighted by Crippen LogP contribution is -2.49. The van der Waals surface area contributed by atoms with Crippen molar-refractivity contribution in [3.05, 3.63) is 0 Å². The minimum atomic E-state index is -4.23. The van der Waals surface area contributed by atoms with Crippen molar-refractivity contribution in [2.24, 2.45) is 10.8 Å². The van der Waals surface area contributed by atoms with Crippen LogP contribution in [-0.4, -0.2) is 36.7 Å². The van der Waals surface area contributed by atoms with Gasteiger partial charge in [0, 0.05) is 13.1 Å². The number of rotatable bonds is 2. The Morgan fingerprint density at radius 1 is 1.57 bits per heavy atom. The summed E-state index contributed by atoms with van der Waals surface area (Å²) in [7, 11) is 1.40. The summed E-state index contributed by atoms with van der Waals surface area (Å²) in [6.45, 7) is -1.01. The van der Waals surface area contributed by atoms with Gasteiger partial charge in [-0.05, 0) is 12.8 Å². The van der Waals surface area contributed by atoms with E-state index < -0.39 is 12.7 Å². The van der Waals surface area contributed by atoms with E-state index in [4.69, 9.17) is 5.84 Å². The number of nitrogens with one attached hydrogen (secondary N) is 1. The van der Waals surface area contributed by atoms with Crippen molar-refractivity contribution >= 4 is 5.96 Å². The first kappa shape index (κ1) is 11.1. The average Bonchev–Trinajstić information content (AvgIpc) is 2.84. The van der Waals surface area contributed by atoms with Gasteiger partial charge in [0.05, 0.1) is 0 Å². The predicted octanol–water partition coefficient (Wildman–Crippen LogP) is 0.462. The summed E-state index contributed by atoms with van der Waals surface area (Å²) in [6.07, 6.45) is -2.71. The Kier molecular flexibility index (Phi) is 3.20. The van der Waals surface area contributed by atoms with E-state index in [0.29, 0.717) is 0 Å². The van der Waals surface area contributed by atoms with E-state index in [1.807, 2.05) is 0 Å². The molecule has 82 valence electrons. The van der Waals surface area contributed by atoms with Crippen molar-refractivity contribution in [2.45, 2.75) is 25.1 Å². The second-order valence-electron chi connectivity index (χ2n) is 3.17. The molecular formula is C7H13F3N4. The van der Waals surface area contributed by atoms with Gasteiger partial charge in [0.2, 0.25) is 5.96 Å². The molecule has 0 bridgehead atoms. The molecule has 0 saturated heterocycles. The summed E-state index contributed by atoms with van der Waals surface area (Å²) in [5.74, 6) is 5.17. The van der Waals surface area contributed by atoms with Gasteiger partial charge in [0.1, 0.15) is 6.54 Å². The first-order chi connectivity index (χ1) is 6.48. The fraction of sp³-hybridized carbons (Fsp3) is 0.857. The molecule has 0 spiro atoms. The number of halogens is 3. The maximum Gasteiger partial charge on any atom is 0.406 e. The smallest absolute Gasteiger partial charge is 0.330 e. The Balaban J connectivity index is 2.64. The highest BCUT2D eigenvalue weighted by Crippen LogP contribution is 2.29. The van der Waals surface area contributed by atoms with E-state index in [0.717, 1.165) is 17.7 Å². The van der Waals surface area contributed by atoms with Crippen LogP contribution in [0.5, 0.6) is 0 Å². The second-order valence-corrected chi connectivity index (χ2v) is 3.17. The molecule has 1 aliphatic rings. The van der Waals surface area contributed by atoms with Crippen LogP contribution < -0.4 is 11.3 Å². The van der Waals surface area contributed by atoms with E-state index in [-0.39, 0.29) is 12.0 Å². The molecule has 3 N–H and O–H groups in total. The standard InChI is InChI=1S/C7H13F3N4/c1-12-6(13-11)14(5-2-3-5)4-7(8,9)10/h5H,2-4,11H2,1H3,(H,12,13). The highest BCUT2D eigenvalue weighted by molar-refractivity contribution is 5.79. The Morgan fingerprint density at radius 3 is 2.43 bits per heavy atom. The highest BCUT2D eigenvalue weighted by atomic mass is 19.4. The fourth-order valence-corrected chi connectivity index (χ4v) is 1.23. The van der Waals surface area contributed by atoms with Crippen molar-refractivity contribution in [2.75, 3.05) is 13.6 Å². The van der Waals surface area contributed by atoms with E-state index in [2.05, 4.69) is 10.4 Å². The molecule has 0 heterocycles. The van der Waals surface area contributed by atoms with E-state index in [9.17, 15) is 13.2 Å². The SMILES string of the molecule is CN=C(NN)N(CC(F)(F)F)C1CC1. The van der Waals surface area contributed by atoms with Crippen LogP contribution in [0.2, 0.25) is 0 Å². The number of hydrogen-bond donors (Lipinski definition) is 2. The summed E-state index contributed by atoms with van der Waals surface area (Å²) in [6, 6.07) is -0.0774. The summed E-state index contributed by atoms with van der Waals surface area (Å²) in [5.41, 5.74) is 2.17. The quantitative estimate of drug-likeness (QED) is 0.301. The lowest BCUT2D eigenvalue weighted by Gasteiger charge is -2.25. The molecular weight excluding hydrogens is 197 g/mol. The van der Waals surface area contributed by atoms with Crippen LogP contribution in [0.4, 0.5) is 13.2 Å². The van der Waals surface area contributed by atoms with Crippen molar-refractivity contribution < 1.29 is 13.2 Å². The Hall–Kier alpha value is -0.980. The zero-order valence-corrected chi connectivity index (χ0v) is 7.80. The molecule has 1 saturated carbocycles. The largest absolute Gasteiger partial charge is 0.406 e. The van der Waals surface area contributed by atoms with Gasteiger partial charge in [0.15, 0.2) is 0 Å². The predicted molar refractivity (Wildman–Crippen MR) is 46.5 cm³/mol. The number of guanidine groups is 1.